The number of ether oxygens (including phenoxy) is 1. The molecule has 1 amide bonds. The van der Waals surface area contributed by atoms with Crippen molar-refractivity contribution < 1.29 is 9.53 Å². The fourth-order valence-corrected chi connectivity index (χ4v) is 4.35. The molecule has 0 spiro atoms. The molecule has 1 aromatic carbocycles. The quantitative estimate of drug-likeness (QED) is 0.807. The summed E-state index contributed by atoms with van der Waals surface area (Å²) in [7, 11) is 3.41. The number of aromatic nitrogens is 2. The molecule has 2 atom stereocenters. The Morgan fingerprint density at radius 2 is 2.11 bits per heavy atom. The molecule has 3 fully saturated rings. The third-order valence-electron chi connectivity index (χ3n) is 5.86. The van der Waals surface area contributed by atoms with Crippen LogP contribution in [0.5, 0.6) is 0 Å². The third kappa shape index (κ3) is 3.49. The van der Waals surface area contributed by atoms with Crippen molar-refractivity contribution in [2.24, 2.45) is 13.0 Å². The molecule has 0 aliphatic carbocycles. The molecule has 7 heteroatoms. The fourth-order valence-electron chi connectivity index (χ4n) is 4.35. The summed E-state index contributed by atoms with van der Waals surface area (Å²) >= 11 is 0. The Morgan fingerprint density at radius 1 is 1.26 bits per heavy atom. The van der Waals surface area contributed by atoms with Crippen molar-refractivity contribution in [2.75, 3.05) is 39.9 Å². The van der Waals surface area contributed by atoms with E-state index in [2.05, 4.69) is 9.88 Å². The minimum absolute atomic E-state index is 0.0323. The van der Waals surface area contributed by atoms with Crippen LogP contribution in [-0.4, -0.2) is 71.2 Å². The highest BCUT2D eigenvalue weighted by Crippen LogP contribution is 2.28. The Hall–Kier alpha value is -2.25. The van der Waals surface area contributed by atoms with Gasteiger partial charge in [0.15, 0.2) is 0 Å². The zero-order chi connectivity index (χ0) is 19.0. The van der Waals surface area contributed by atoms with E-state index in [0.29, 0.717) is 28.4 Å². The Balaban J connectivity index is 1.57. The van der Waals surface area contributed by atoms with Crippen molar-refractivity contribution >= 4 is 16.8 Å². The standard InChI is InChI=1S/C20H26N4O3/c1-22-13-21-18-9-15(4-6-17(18)20(22)26)19(25)24-11-14-3-5-16(12-24)23(10-14)7-8-27-2/h4,6,9,13-14,16H,3,5,7-8,10-12H2,1-2H3/t14-,16-/m0/s1. The van der Waals surface area contributed by atoms with Gasteiger partial charge in [0.1, 0.15) is 0 Å². The van der Waals surface area contributed by atoms with E-state index in [1.54, 1.807) is 32.4 Å². The lowest BCUT2D eigenvalue weighted by molar-refractivity contribution is 0.0718. The molecule has 144 valence electrons. The van der Waals surface area contributed by atoms with Crippen molar-refractivity contribution in [3.05, 3.63) is 40.4 Å². The van der Waals surface area contributed by atoms with Crippen molar-refractivity contribution in [1.82, 2.24) is 19.4 Å². The first kappa shape index (κ1) is 18.1. The number of hydrogen-bond donors (Lipinski definition) is 0. The van der Waals surface area contributed by atoms with E-state index in [1.165, 1.54) is 17.3 Å². The lowest BCUT2D eigenvalue weighted by Gasteiger charge is -2.35. The van der Waals surface area contributed by atoms with Crippen LogP contribution in [0, 0.1) is 5.92 Å². The molecule has 0 N–H and O–H groups in total. The van der Waals surface area contributed by atoms with Gasteiger partial charge in [0.25, 0.3) is 11.5 Å². The van der Waals surface area contributed by atoms with E-state index in [0.717, 1.165) is 39.2 Å². The van der Waals surface area contributed by atoms with Crippen molar-refractivity contribution in [1.29, 1.82) is 0 Å². The predicted molar refractivity (Wildman–Crippen MR) is 103 cm³/mol. The average molecular weight is 370 g/mol. The number of amides is 1. The van der Waals surface area contributed by atoms with Gasteiger partial charge in [-0.2, -0.15) is 0 Å². The maximum absolute atomic E-state index is 13.2. The van der Waals surface area contributed by atoms with Crippen LogP contribution in [0.2, 0.25) is 0 Å². The smallest absolute Gasteiger partial charge is 0.260 e. The zero-order valence-electron chi connectivity index (χ0n) is 15.9. The molecule has 2 aromatic rings. The Morgan fingerprint density at radius 3 is 2.93 bits per heavy atom. The SMILES string of the molecule is COCCN1C[C@@H]2CC[C@H]1CN(C(=O)c1ccc3c(=O)n(C)cnc3c1)C2. The number of fused-ring (bicyclic) bond motifs is 5. The van der Waals surface area contributed by atoms with Crippen LogP contribution in [0.4, 0.5) is 0 Å². The number of hydrogen-bond acceptors (Lipinski definition) is 5. The maximum Gasteiger partial charge on any atom is 0.260 e. The van der Waals surface area contributed by atoms with E-state index >= 15 is 0 Å². The van der Waals surface area contributed by atoms with E-state index < -0.39 is 0 Å². The average Bonchev–Trinajstić information content (AvgIpc) is 3.00. The Labute approximate surface area is 158 Å². The first-order valence-corrected chi connectivity index (χ1v) is 9.54. The molecule has 3 aliphatic rings. The molecule has 0 radical (unpaired) electrons. The van der Waals surface area contributed by atoms with Gasteiger partial charge >= 0.3 is 0 Å². The van der Waals surface area contributed by atoms with E-state index in [9.17, 15) is 9.59 Å². The number of carbonyl (C=O) groups is 1. The topological polar surface area (TPSA) is 67.7 Å². The number of aryl methyl sites for hydroxylation is 1. The number of carbonyl (C=O) groups excluding carboxylic acids is 1. The molecular weight excluding hydrogens is 344 g/mol. The van der Waals surface area contributed by atoms with Crippen LogP contribution in [0.1, 0.15) is 23.2 Å². The predicted octanol–water partition coefficient (Wildman–Crippen LogP) is 1.12. The van der Waals surface area contributed by atoms with Gasteiger partial charge in [-0.3, -0.25) is 14.5 Å². The van der Waals surface area contributed by atoms with Crippen molar-refractivity contribution in [3.63, 3.8) is 0 Å². The summed E-state index contributed by atoms with van der Waals surface area (Å²) in [5, 5.41) is 0.540. The summed E-state index contributed by atoms with van der Waals surface area (Å²) in [6, 6.07) is 5.61. The highest BCUT2D eigenvalue weighted by molar-refractivity contribution is 5.97. The Bertz CT molecular complexity index is 910. The molecular formula is C20H26N4O3. The number of nitrogens with zero attached hydrogens (tertiary/aromatic N) is 4. The van der Waals surface area contributed by atoms with Crippen LogP contribution in [-0.2, 0) is 11.8 Å². The van der Waals surface area contributed by atoms with E-state index in [1.807, 2.05) is 4.90 Å². The van der Waals surface area contributed by atoms with Crippen LogP contribution in [0.25, 0.3) is 10.9 Å². The van der Waals surface area contributed by atoms with Crippen molar-refractivity contribution in [2.45, 2.75) is 18.9 Å². The van der Waals surface area contributed by atoms with Crippen LogP contribution >= 0.6 is 0 Å². The normalized spacial score (nSPS) is 23.0. The summed E-state index contributed by atoms with van der Waals surface area (Å²) in [5.41, 5.74) is 1.08. The third-order valence-corrected chi connectivity index (χ3v) is 5.86. The number of rotatable bonds is 4. The monoisotopic (exact) mass is 370 g/mol. The molecule has 1 aromatic heterocycles. The molecule has 7 nitrogen and oxygen atoms in total. The van der Waals surface area contributed by atoms with Gasteiger partial charge in [0.2, 0.25) is 0 Å². The first-order chi connectivity index (χ1) is 13.1. The Kier molecular flexibility index (Phi) is 4.97. The molecule has 3 aliphatic heterocycles. The first-order valence-electron chi connectivity index (χ1n) is 9.54. The minimum atomic E-state index is -0.0967. The van der Waals surface area contributed by atoms with Gasteiger partial charge in [-0.15, -0.1) is 0 Å². The van der Waals surface area contributed by atoms with Crippen LogP contribution < -0.4 is 5.56 Å². The molecule has 5 rings (SSSR count). The van der Waals surface area contributed by atoms with Gasteiger partial charge in [-0.05, 0) is 37.0 Å². The molecule has 27 heavy (non-hydrogen) atoms. The molecule has 0 saturated carbocycles. The van der Waals surface area contributed by atoms with Gasteiger partial charge in [-0.1, -0.05) is 0 Å². The second-order valence-electron chi connectivity index (χ2n) is 7.69. The molecule has 0 unspecified atom stereocenters. The number of methoxy groups -OCH3 is 1. The maximum atomic E-state index is 13.2. The van der Waals surface area contributed by atoms with Crippen LogP contribution in [0.15, 0.2) is 29.3 Å². The minimum Gasteiger partial charge on any atom is -0.383 e. The molecule has 4 heterocycles. The lowest BCUT2D eigenvalue weighted by atomic mass is 9.95. The van der Waals surface area contributed by atoms with Gasteiger partial charge < -0.3 is 14.2 Å². The summed E-state index contributed by atoms with van der Waals surface area (Å²) in [5.74, 6) is 0.542. The highest BCUT2D eigenvalue weighted by Gasteiger charge is 2.36. The zero-order valence-corrected chi connectivity index (χ0v) is 15.9. The second-order valence-corrected chi connectivity index (χ2v) is 7.69. The summed E-state index contributed by atoms with van der Waals surface area (Å²) in [6.07, 6.45) is 3.81. The lowest BCUT2D eigenvalue weighted by Crippen LogP contribution is -2.45. The molecule has 2 bridgehead atoms. The fraction of sp³-hybridized carbons (Fsp3) is 0.550. The van der Waals surface area contributed by atoms with Gasteiger partial charge in [0.05, 0.1) is 23.8 Å². The largest absolute Gasteiger partial charge is 0.383 e. The second kappa shape index (κ2) is 7.40. The van der Waals surface area contributed by atoms with E-state index in [4.69, 9.17) is 4.74 Å². The highest BCUT2D eigenvalue weighted by atomic mass is 16.5. The summed E-state index contributed by atoms with van der Waals surface area (Å²) in [4.78, 5) is 34.1. The summed E-state index contributed by atoms with van der Waals surface area (Å²) in [6.45, 7) is 4.22. The summed E-state index contributed by atoms with van der Waals surface area (Å²) < 4.78 is 6.69. The van der Waals surface area contributed by atoms with Gasteiger partial charge in [0, 0.05) is 51.9 Å². The van der Waals surface area contributed by atoms with Gasteiger partial charge in [-0.25, -0.2) is 4.98 Å². The number of benzene rings is 1. The molecule has 3 saturated heterocycles. The van der Waals surface area contributed by atoms with E-state index in [-0.39, 0.29) is 11.5 Å². The number of piperidine rings is 1. The van der Waals surface area contributed by atoms with Crippen LogP contribution in [0.3, 0.4) is 0 Å². The van der Waals surface area contributed by atoms with Crippen molar-refractivity contribution in [3.8, 4) is 0 Å².